The Balaban J connectivity index is 1.43. The number of phenolic OH excluding ortho intramolecular Hbond substituents is 1. The van der Waals surface area contributed by atoms with E-state index >= 15 is 0 Å². The van der Waals surface area contributed by atoms with Gasteiger partial charge in [0.2, 0.25) is 0 Å². The third-order valence-electron chi connectivity index (χ3n) is 6.36. The molecule has 1 amide bonds. The lowest BCUT2D eigenvalue weighted by atomic mass is 9.90. The maximum atomic E-state index is 13.2. The highest BCUT2D eigenvalue weighted by Crippen LogP contribution is 2.46. The van der Waals surface area contributed by atoms with Crippen LogP contribution in [0.1, 0.15) is 54.4 Å². The summed E-state index contributed by atoms with van der Waals surface area (Å²) in [6.07, 6.45) is 7.95. The van der Waals surface area contributed by atoms with Gasteiger partial charge in [-0.25, -0.2) is 4.98 Å². The Morgan fingerprint density at radius 1 is 1.22 bits per heavy atom. The summed E-state index contributed by atoms with van der Waals surface area (Å²) in [5.41, 5.74) is 2.71. The predicted molar refractivity (Wildman–Crippen MR) is 152 cm³/mol. The van der Waals surface area contributed by atoms with Gasteiger partial charge < -0.3 is 14.7 Å². The van der Waals surface area contributed by atoms with Crippen LogP contribution in [0.5, 0.6) is 11.5 Å². The Bertz CT molecular complexity index is 1160. The second kappa shape index (κ2) is 13.1. The van der Waals surface area contributed by atoms with Gasteiger partial charge in [-0.3, -0.25) is 4.79 Å². The van der Waals surface area contributed by atoms with E-state index in [1.807, 2.05) is 16.3 Å². The molecule has 0 atom stereocenters. The van der Waals surface area contributed by atoms with Crippen molar-refractivity contribution in [1.82, 2.24) is 9.88 Å². The number of hydrogen-bond donors (Lipinski definition) is 1. The Morgan fingerprint density at radius 3 is 2.69 bits per heavy atom. The molecule has 8 heteroatoms. The average molecular weight is 634 g/mol. The van der Waals surface area contributed by atoms with Crippen molar-refractivity contribution in [2.45, 2.75) is 45.4 Å². The molecule has 2 aromatic carbocycles. The van der Waals surface area contributed by atoms with E-state index in [2.05, 4.69) is 74.5 Å². The van der Waals surface area contributed by atoms with Crippen LogP contribution >= 0.6 is 43.2 Å². The Kier molecular flexibility index (Phi) is 9.85. The van der Waals surface area contributed by atoms with Crippen LogP contribution in [0.4, 0.5) is 0 Å². The number of unbranched alkanes of at least 4 members (excludes halogenated alkanes) is 3. The van der Waals surface area contributed by atoms with E-state index in [1.54, 1.807) is 12.7 Å². The summed E-state index contributed by atoms with van der Waals surface area (Å²) in [7, 11) is 0. The number of halogens is 2. The van der Waals surface area contributed by atoms with Crippen LogP contribution in [-0.4, -0.2) is 34.0 Å². The van der Waals surface area contributed by atoms with E-state index in [9.17, 15) is 9.90 Å². The maximum absolute atomic E-state index is 13.2. The monoisotopic (exact) mass is 632 g/mol. The van der Waals surface area contributed by atoms with Crippen molar-refractivity contribution >= 4 is 49.1 Å². The predicted octanol–water partition coefficient (Wildman–Crippen LogP) is 8.07. The highest BCUT2D eigenvalue weighted by atomic mass is 79.9. The fourth-order valence-corrected chi connectivity index (χ4v) is 6.35. The number of rotatable bonds is 10. The van der Waals surface area contributed by atoms with Crippen LogP contribution in [0.25, 0.3) is 11.3 Å². The van der Waals surface area contributed by atoms with Crippen molar-refractivity contribution < 1.29 is 14.6 Å². The number of aromatic nitrogens is 1. The normalized spacial score (nSPS) is 14.2. The van der Waals surface area contributed by atoms with Crippen LogP contribution in [0.15, 0.2) is 50.7 Å². The van der Waals surface area contributed by atoms with E-state index in [1.165, 1.54) is 16.9 Å². The fourth-order valence-electron chi connectivity index (χ4n) is 4.35. The van der Waals surface area contributed by atoms with Crippen LogP contribution in [0.3, 0.4) is 0 Å². The first-order valence-corrected chi connectivity index (χ1v) is 14.7. The van der Waals surface area contributed by atoms with E-state index < -0.39 is 0 Å². The van der Waals surface area contributed by atoms with Crippen molar-refractivity contribution in [2.24, 2.45) is 5.92 Å². The number of ether oxygens (including phenoxy) is 1. The minimum atomic E-state index is -0.0227. The molecule has 0 spiro atoms. The van der Waals surface area contributed by atoms with Crippen molar-refractivity contribution in [3.05, 3.63) is 74.3 Å². The summed E-state index contributed by atoms with van der Waals surface area (Å²) in [4.78, 5) is 19.8. The van der Waals surface area contributed by atoms with E-state index in [-0.39, 0.29) is 11.7 Å². The van der Waals surface area contributed by atoms with Crippen molar-refractivity contribution in [2.75, 3.05) is 13.1 Å². The first-order chi connectivity index (χ1) is 17.5. The molecule has 36 heavy (non-hydrogen) atoms. The van der Waals surface area contributed by atoms with Gasteiger partial charge in [-0.2, -0.15) is 0 Å². The smallest absolute Gasteiger partial charge is 0.282 e. The van der Waals surface area contributed by atoms with E-state index in [4.69, 9.17) is 4.74 Å². The van der Waals surface area contributed by atoms with Gasteiger partial charge in [-0.1, -0.05) is 43.7 Å². The molecule has 1 aromatic heterocycles. The van der Waals surface area contributed by atoms with Gasteiger partial charge in [0.1, 0.15) is 22.6 Å². The van der Waals surface area contributed by atoms with Gasteiger partial charge in [0, 0.05) is 24.0 Å². The summed E-state index contributed by atoms with van der Waals surface area (Å²) in [6.45, 7) is 5.34. The molecule has 1 fully saturated rings. The average Bonchev–Trinajstić information content (AvgIpc) is 3.39. The second-order valence-corrected chi connectivity index (χ2v) is 11.4. The number of carbonyl (C=O) groups excluding carboxylic acids is 1. The number of benzene rings is 2. The molecule has 1 N–H and O–H groups in total. The zero-order valence-electron chi connectivity index (χ0n) is 20.3. The molecular formula is C28H30Br2N2O3S. The maximum Gasteiger partial charge on any atom is 0.282 e. The van der Waals surface area contributed by atoms with Gasteiger partial charge >= 0.3 is 0 Å². The van der Waals surface area contributed by atoms with Crippen LogP contribution in [0, 0.1) is 18.9 Å². The SMILES string of the molecule is CC[CH]CC[CH]Oc1c(-c2csc(C(=O)N3CCC(Cc4ccccc4)CC3)n2)cc(Br)c(O)c1Br. The summed E-state index contributed by atoms with van der Waals surface area (Å²) in [5, 5.41) is 12.7. The number of carbonyl (C=O) groups is 1. The third kappa shape index (κ3) is 6.69. The molecule has 190 valence electrons. The molecule has 2 heterocycles. The molecule has 0 bridgehead atoms. The Morgan fingerprint density at radius 2 is 1.97 bits per heavy atom. The number of piperidine rings is 1. The summed E-state index contributed by atoms with van der Waals surface area (Å²) >= 11 is 8.21. The van der Waals surface area contributed by atoms with Crippen molar-refractivity contribution in [3.8, 4) is 22.8 Å². The quantitative estimate of drug-likeness (QED) is 0.229. The third-order valence-corrected chi connectivity index (χ3v) is 8.53. The molecule has 0 saturated carbocycles. The second-order valence-electron chi connectivity index (χ2n) is 8.92. The van der Waals surface area contributed by atoms with Gasteiger partial charge in [0.25, 0.3) is 5.91 Å². The summed E-state index contributed by atoms with van der Waals surface area (Å²) in [5.74, 6) is 1.12. The number of phenols is 1. The minimum absolute atomic E-state index is 0.0227. The van der Waals surface area contributed by atoms with E-state index in [0.717, 1.165) is 51.6 Å². The molecule has 0 unspecified atom stereocenters. The highest BCUT2D eigenvalue weighted by molar-refractivity contribution is 9.11. The zero-order chi connectivity index (χ0) is 25.5. The molecule has 5 nitrogen and oxygen atoms in total. The number of nitrogens with zero attached hydrogens (tertiary/aromatic N) is 2. The van der Waals surface area contributed by atoms with Gasteiger partial charge in [0.05, 0.1) is 10.2 Å². The van der Waals surface area contributed by atoms with Gasteiger partial charge in [0.15, 0.2) is 5.01 Å². The van der Waals surface area contributed by atoms with E-state index in [0.29, 0.717) is 36.9 Å². The lowest BCUT2D eigenvalue weighted by Gasteiger charge is -2.31. The van der Waals surface area contributed by atoms with Crippen LogP contribution in [-0.2, 0) is 6.42 Å². The molecular weight excluding hydrogens is 604 g/mol. The molecule has 1 aliphatic rings. The van der Waals surface area contributed by atoms with Crippen LogP contribution in [0.2, 0.25) is 0 Å². The van der Waals surface area contributed by atoms with Crippen LogP contribution < -0.4 is 4.74 Å². The number of amides is 1. The number of likely N-dealkylation sites (tertiary alicyclic amines) is 1. The Hall–Kier alpha value is -1.90. The lowest BCUT2D eigenvalue weighted by molar-refractivity contribution is 0.0690. The summed E-state index contributed by atoms with van der Waals surface area (Å²) in [6, 6.07) is 12.3. The topological polar surface area (TPSA) is 62.7 Å². The molecule has 1 aliphatic heterocycles. The first kappa shape index (κ1) is 27.1. The first-order valence-electron chi connectivity index (χ1n) is 12.3. The number of thiazole rings is 1. The molecule has 4 rings (SSSR count). The largest absolute Gasteiger partial charge is 0.505 e. The van der Waals surface area contributed by atoms with Crippen molar-refractivity contribution in [1.29, 1.82) is 0 Å². The molecule has 2 radical (unpaired) electrons. The zero-order valence-corrected chi connectivity index (χ0v) is 24.2. The van der Waals surface area contributed by atoms with Crippen molar-refractivity contribution in [3.63, 3.8) is 0 Å². The molecule has 3 aromatic rings. The molecule has 1 saturated heterocycles. The highest BCUT2D eigenvalue weighted by Gasteiger charge is 2.27. The number of aromatic hydroxyl groups is 1. The standard InChI is InChI=1S/C28H30Br2N2O3S/c1-2-3-4-8-15-35-26-21(17-22(29)25(33)24(26)30)23-18-36-27(31-23)28(34)32-13-11-20(12-14-32)16-19-9-6-5-7-10-19/h3,5-7,9-10,15,17-18,20,33H,2,4,8,11-14,16H2,1H3. The lowest BCUT2D eigenvalue weighted by Crippen LogP contribution is -2.38. The summed E-state index contributed by atoms with van der Waals surface area (Å²) < 4.78 is 6.92. The van der Waals surface area contributed by atoms with Gasteiger partial charge in [-0.05, 0) is 87.9 Å². The minimum Gasteiger partial charge on any atom is -0.505 e. The fraction of sp³-hybridized carbons (Fsp3) is 0.357. The Labute approximate surface area is 234 Å². The van der Waals surface area contributed by atoms with Gasteiger partial charge in [-0.15, -0.1) is 11.3 Å². The number of hydrogen-bond acceptors (Lipinski definition) is 5. The molecule has 0 aliphatic carbocycles.